The summed E-state index contributed by atoms with van der Waals surface area (Å²) >= 11 is 1.81. The molecule has 0 aliphatic rings. The summed E-state index contributed by atoms with van der Waals surface area (Å²) in [7, 11) is 0. The van der Waals surface area contributed by atoms with E-state index in [1.807, 2.05) is 16.9 Å². The Bertz CT molecular complexity index is 11.1. The standard InChI is InChI=1S/C4H10As/c1-2-3-4-5/h2H,3-5H2,1H3. The van der Waals surface area contributed by atoms with Gasteiger partial charge in [0.25, 0.3) is 0 Å². The molecule has 0 aliphatic heterocycles. The van der Waals surface area contributed by atoms with Crippen LogP contribution in [0, 0.1) is 6.42 Å². The van der Waals surface area contributed by atoms with Crippen LogP contribution in [-0.4, -0.2) is 16.9 Å². The second kappa shape index (κ2) is 4.56. The Balaban J connectivity index is 2.19. The molecule has 0 heterocycles. The summed E-state index contributed by atoms with van der Waals surface area (Å²) in [6.45, 7) is 2.10. The van der Waals surface area contributed by atoms with Gasteiger partial charge in [0, 0.05) is 0 Å². The van der Waals surface area contributed by atoms with Gasteiger partial charge in [0.15, 0.2) is 0 Å². The van der Waals surface area contributed by atoms with Crippen LogP contribution in [0.2, 0.25) is 5.21 Å². The molecule has 0 fully saturated rings. The van der Waals surface area contributed by atoms with Crippen LogP contribution < -0.4 is 0 Å². The van der Waals surface area contributed by atoms with Crippen LogP contribution in [0.1, 0.15) is 13.3 Å². The summed E-state index contributed by atoms with van der Waals surface area (Å²) in [6.07, 6.45) is 3.49. The first-order valence-electron chi connectivity index (χ1n) is 1.89. The molecule has 0 nitrogen and oxygen atoms in total. The predicted molar refractivity (Wildman–Crippen MR) is 27.9 cm³/mol. The van der Waals surface area contributed by atoms with Gasteiger partial charge in [-0.1, -0.05) is 0 Å². The molecule has 0 spiro atoms. The Morgan fingerprint density at radius 2 is 2.40 bits per heavy atom. The number of rotatable bonds is 2. The molecule has 0 aliphatic carbocycles. The zero-order valence-electron chi connectivity index (χ0n) is 3.57. The van der Waals surface area contributed by atoms with Gasteiger partial charge >= 0.3 is 41.8 Å². The molecule has 0 bridgehead atoms. The summed E-state index contributed by atoms with van der Waals surface area (Å²) in [5, 5.41) is 1.35. The van der Waals surface area contributed by atoms with Gasteiger partial charge in [-0.05, 0) is 0 Å². The monoisotopic (exact) mass is 133 g/mol. The van der Waals surface area contributed by atoms with Crippen molar-refractivity contribution in [2.45, 2.75) is 18.6 Å². The van der Waals surface area contributed by atoms with Gasteiger partial charge in [0.05, 0.1) is 0 Å². The molecule has 31 valence electrons. The van der Waals surface area contributed by atoms with Crippen molar-refractivity contribution in [3.05, 3.63) is 6.42 Å². The Labute approximate surface area is 42.5 Å². The first kappa shape index (κ1) is 5.56. The Morgan fingerprint density at radius 1 is 1.80 bits per heavy atom. The third-order valence-corrected chi connectivity index (χ3v) is 1.15. The summed E-state index contributed by atoms with van der Waals surface area (Å²) in [5.74, 6) is 0. The van der Waals surface area contributed by atoms with Crippen LogP contribution in [0.25, 0.3) is 0 Å². The van der Waals surface area contributed by atoms with Crippen molar-refractivity contribution in [2.24, 2.45) is 0 Å². The van der Waals surface area contributed by atoms with Gasteiger partial charge in [-0.15, -0.1) is 0 Å². The van der Waals surface area contributed by atoms with E-state index in [-0.39, 0.29) is 0 Å². The van der Waals surface area contributed by atoms with Crippen LogP contribution in [0.3, 0.4) is 0 Å². The topological polar surface area (TPSA) is 0 Å². The SMILES string of the molecule is C[CH]CC[AsH2]. The van der Waals surface area contributed by atoms with Crippen LogP contribution >= 0.6 is 0 Å². The van der Waals surface area contributed by atoms with Crippen molar-refractivity contribution in [3.63, 3.8) is 0 Å². The van der Waals surface area contributed by atoms with E-state index < -0.39 is 0 Å². The predicted octanol–water partition coefficient (Wildman–Crippen LogP) is 0.652. The minimum absolute atomic E-state index is 1.29. The molecule has 0 amide bonds. The third kappa shape index (κ3) is 4.56. The molecule has 1 atom stereocenters. The molecular formula is C4H10As. The number of unbranched alkanes of at least 4 members (excludes halogenated alkanes) is 1. The normalized spacial score (nSPS) is 8.40. The van der Waals surface area contributed by atoms with Crippen molar-refractivity contribution in [1.29, 1.82) is 0 Å². The number of hydrogen-bond acceptors (Lipinski definition) is 0. The second-order valence-electron chi connectivity index (χ2n) is 0.986. The Hall–Kier alpha value is 0.558. The molecule has 1 heteroatoms. The van der Waals surface area contributed by atoms with Crippen LogP contribution in [0.4, 0.5) is 0 Å². The zero-order valence-corrected chi connectivity index (χ0v) is 5.99. The zero-order chi connectivity index (χ0) is 4.12. The van der Waals surface area contributed by atoms with E-state index in [1.165, 1.54) is 11.6 Å². The maximum absolute atomic E-state index is 2.20. The molecule has 0 saturated heterocycles. The molecule has 0 rings (SSSR count). The summed E-state index contributed by atoms with van der Waals surface area (Å²) in [5.41, 5.74) is 0. The quantitative estimate of drug-likeness (QED) is 0.485. The van der Waals surface area contributed by atoms with E-state index in [0.717, 1.165) is 0 Å². The van der Waals surface area contributed by atoms with Crippen LogP contribution in [0.15, 0.2) is 0 Å². The summed E-state index contributed by atoms with van der Waals surface area (Å²) in [4.78, 5) is 0. The van der Waals surface area contributed by atoms with Gasteiger partial charge in [0.2, 0.25) is 0 Å². The minimum atomic E-state index is 1.29. The molecule has 0 aromatic rings. The fourth-order valence-electron chi connectivity index (χ4n) is 0.167. The van der Waals surface area contributed by atoms with Crippen molar-refractivity contribution >= 4 is 16.9 Å². The summed E-state index contributed by atoms with van der Waals surface area (Å²) in [6, 6.07) is 0. The molecule has 1 unspecified atom stereocenters. The molecule has 0 N–H and O–H groups in total. The van der Waals surface area contributed by atoms with E-state index in [1.54, 1.807) is 0 Å². The number of hydrogen-bond donors (Lipinski definition) is 0. The van der Waals surface area contributed by atoms with Crippen molar-refractivity contribution in [1.82, 2.24) is 0 Å². The molecule has 0 aromatic heterocycles. The first-order valence-corrected chi connectivity index (χ1v) is 3.61. The van der Waals surface area contributed by atoms with E-state index in [0.29, 0.717) is 0 Å². The van der Waals surface area contributed by atoms with Gasteiger partial charge < -0.3 is 0 Å². The van der Waals surface area contributed by atoms with Crippen LogP contribution in [0.5, 0.6) is 0 Å². The third-order valence-electron chi connectivity index (χ3n) is 0.455. The van der Waals surface area contributed by atoms with E-state index >= 15 is 0 Å². The average molecular weight is 133 g/mol. The van der Waals surface area contributed by atoms with Gasteiger partial charge in [-0.3, -0.25) is 0 Å². The fraction of sp³-hybridized carbons (Fsp3) is 0.750. The van der Waals surface area contributed by atoms with Gasteiger partial charge in [-0.25, -0.2) is 0 Å². The molecule has 5 heavy (non-hydrogen) atoms. The average Bonchev–Trinajstić information content (AvgIpc) is 1.41. The fourth-order valence-corrected chi connectivity index (χ4v) is 0.866. The second-order valence-corrected chi connectivity index (χ2v) is 2.20. The van der Waals surface area contributed by atoms with Gasteiger partial charge in [0.1, 0.15) is 0 Å². The van der Waals surface area contributed by atoms with E-state index in [2.05, 4.69) is 13.3 Å². The van der Waals surface area contributed by atoms with Crippen molar-refractivity contribution in [3.8, 4) is 0 Å². The molecule has 0 saturated carbocycles. The van der Waals surface area contributed by atoms with Gasteiger partial charge in [-0.2, -0.15) is 0 Å². The van der Waals surface area contributed by atoms with E-state index in [9.17, 15) is 0 Å². The Kier molecular flexibility index (Phi) is 5.07. The van der Waals surface area contributed by atoms with Crippen molar-refractivity contribution < 1.29 is 0 Å². The van der Waals surface area contributed by atoms with E-state index in [4.69, 9.17) is 0 Å². The maximum atomic E-state index is 2.20. The van der Waals surface area contributed by atoms with Crippen LogP contribution in [-0.2, 0) is 0 Å². The first-order chi connectivity index (χ1) is 2.41. The summed E-state index contributed by atoms with van der Waals surface area (Å²) < 4.78 is 0. The Morgan fingerprint density at radius 3 is 2.40 bits per heavy atom. The molecule has 0 aromatic carbocycles. The molecule has 1 radical (unpaired) electrons. The molecular weight excluding hydrogens is 123 g/mol. The van der Waals surface area contributed by atoms with Crippen molar-refractivity contribution in [2.75, 3.05) is 0 Å².